The number of fused-ring (bicyclic) bond motifs is 1. The Balaban J connectivity index is 1.76. The van der Waals surface area contributed by atoms with Gasteiger partial charge in [-0.3, -0.25) is 9.79 Å². The molecule has 2 N–H and O–H groups in total. The van der Waals surface area contributed by atoms with E-state index in [1.54, 1.807) is 17.0 Å². The normalized spacial score (nSPS) is 22.2. The Labute approximate surface area is 189 Å². The fourth-order valence-electron chi connectivity index (χ4n) is 3.47. The maximum atomic E-state index is 12.4. The molecule has 0 amide bonds. The van der Waals surface area contributed by atoms with Crippen molar-refractivity contribution < 1.29 is 34.0 Å². The number of carboxylic acid groups (broad SMARTS) is 2. The smallest absolute Gasteiger partial charge is 0.340 e. The third kappa shape index (κ3) is 5.43. The molecular formula is C20H25ClN2O7S. The van der Waals surface area contributed by atoms with Crippen molar-refractivity contribution in [1.82, 2.24) is 4.90 Å². The fraction of sp³-hybridized carbons (Fsp3) is 0.550. The number of carboxylic acids is 2. The van der Waals surface area contributed by atoms with Crippen molar-refractivity contribution in [2.24, 2.45) is 4.99 Å². The average Bonchev–Trinajstić information content (AvgIpc) is 3.30. The van der Waals surface area contributed by atoms with Gasteiger partial charge in [0.2, 0.25) is 11.7 Å². The van der Waals surface area contributed by atoms with Gasteiger partial charge in [-0.1, -0.05) is 18.0 Å². The van der Waals surface area contributed by atoms with Crippen LogP contribution in [-0.4, -0.2) is 70.6 Å². The molecule has 1 aromatic carbocycles. The molecular weight excluding hydrogens is 448 g/mol. The van der Waals surface area contributed by atoms with Gasteiger partial charge in [-0.15, -0.1) is 11.8 Å². The van der Waals surface area contributed by atoms with Gasteiger partial charge in [-0.2, -0.15) is 0 Å². The van der Waals surface area contributed by atoms with Crippen molar-refractivity contribution in [2.45, 2.75) is 43.3 Å². The summed E-state index contributed by atoms with van der Waals surface area (Å²) in [5.41, 5.74) is 0.699. The number of hydrogen-bond acceptors (Lipinski definition) is 8. The minimum Gasteiger partial charge on any atom is -0.481 e. The highest BCUT2D eigenvalue weighted by molar-refractivity contribution is 8.02. The van der Waals surface area contributed by atoms with Crippen molar-refractivity contribution >= 4 is 41.5 Å². The summed E-state index contributed by atoms with van der Waals surface area (Å²) < 4.78 is 16.0. The molecule has 11 heteroatoms. The number of thioether (sulfide) groups is 1. The van der Waals surface area contributed by atoms with E-state index >= 15 is 0 Å². The number of rotatable bonds is 12. The van der Waals surface area contributed by atoms with E-state index in [4.69, 9.17) is 30.9 Å². The van der Waals surface area contributed by atoms with Crippen molar-refractivity contribution in [1.29, 1.82) is 0 Å². The fourth-order valence-corrected chi connectivity index (χ4v) is 4.96. The molecule has 0 spiro atoms. The SMILES string of the molecule is COCC1N=CC(SCCCCCC(=O)O)(C(=O)O)N1Cc1cc2c(cc1Cl)OCO2. The van der Waals surface area contributed by atoms with Gasteiger partial charge in [0.1, 0.15) is 6.17 Å². The first-order chi connectivity index (χ1) is 14.9. The van der Waals surface area contributed by atoms with Gasteiger partial charge in [0.05, 0.1) is 6.61 Å². The second-order valence-electron chi connectivity index (χ2n) is 7.19. The molecule has 2 heterocycles. The monoisotopic (exact) mass is 472 g/mol. The molecule has 0 fully saturated rings. The highest BCUT2D eigenvalue weighted by Gasteiger charge is 2.50. The molecule has 3 rings (SSSR count). The largest absolute Gasteiger partial charge is 0.481 e. The van der Waals surface area contributed by atoms with Crippen LogP contribution in [0.3, 0.4) is 0 Å². The molecule has 0 aliphatic carbocycles. The van der Waals surface area contributed by atoms with Crippen LogP contribution in [0, 0.1) is 0 Å². The molecule has 170 valence electrons. The summed E-state index contributed by atoms with van der Waals surface area (Å²) in [7, 11) is 1.54. The van der Waals surface area contributed by atoms with E-state index in [9.17, 15) is 14.7 Å². The Hall–Kier alpha value is -2.01. The van der Waals surface area contributed by atoms with Gasteiger partial charge < -0.3 is 24.4 Å². The van der Waals surface area contributed by atoms with Gasteiger partial charge in [-0.05, 0) is 30.2 Å². The van der Waals surface area contributed by atoms with E-state index in [1.165, 1.54) is 25.1 Å². The molecule has 0 saturated heterocycles. The summed E-state index contributed by atoms with van der Waals surface area (Å²) in [4.78, 5) is 27.8. The third-order valence-electron chi connectivity index (χ3n) is 5.07. The molecule has 0 radical (unpaired) electrons. The first kappa shape index (κ1) is 23.6. The molecule has 2 aliphatic heterocycles. The Morgan fingerprint density at radius 2 is 2.03 bits per heavy atom. The number of nitrogens with zero attached hydrogens (tertiary/aromatic N) is 2. The minimum atomic E-state index is -1.38. The van der Waals surface area contributed by atoms with Crippen LogP contribution >= 0.6 is 23.4 Å². The quantitative estimate of drug-likeness (QED) is 0.442. The molecule has 31 heavy (non-hydrogen) atoms. The number of unbranched alkanes of at least 4 members (excludes halogenated alkanes) is 2. The van der Waals surface area contributed by atoms with Gasteiger partial charge in [0.15, 0.2) is 11.5 Å². The first-order valence-electron chi connectivity index (χ1n) is 9.84. The standard InChI is InChI=1S/C20H25ClN2O7S/c1-28-10-17-22-11-20(19(26)27,31-6-4-2-3-5-18(24)25)23(17)9-13-7-15-16(8-14(13)21)30-12-29-15/h7-8,11,17H,2-6,9-10,12H2,1H3,(H,24,25)(H,26,27). The number of aliphatic carboxylic acids is 2. The zero-order chi connectivity index (χ0) is 22.4. The van der Waals surface area contributed by atoms with Crippen molar-refractivity contribution in [3.63, 3.8) is 0 Å². The first-order valence-corrected chi connectivity index (χ1v) is 11.2. The van der Waals surface area contributed by atoms with Gasteiger partial charge in [0, 0.05) is 37.4 Å². The van der Waals surface area contributed by atoms with Crippen LogP contribution in [0.2, 0.25) is 5.02 Å². The number of ether oxygens (including phenoxy) is 3. The predicted octanol–water partition coefficient (Wildman–Crippen LogP) is 3.09. The number of carbonyl (C=O) groups is 2. The van der Waals surface area contributed by atoms with Crippen molar-refractivity contribution in [3.8, 4) is 11.5 Å². The van der Waals surface area contributed by atoms with E-state index in [2.05, 4.69) is 4.99 Å². The summed E-state index contributed by atoms with van der Waals surface area (Å²) in [5, 5.41) is 19.3. The summed E-state index contributed by atoms with van der Waals surface area (Å²) in [6.07, 6.45) is 3.06. The summed E-state index contributed by atoms with van der Waals surface area (Å²) in [5.74, 6) is -0.188. The van der Waals surface area contributed by atoms with Crippen LogP contribution in [-0.2, 0) is 20.9 Å². The van der Waals surface area contributed by atoms with Gasteiger partial charge >= 0.3 is 11.9 Å². The molecule has 2 aliphatic rings. The Bertz CT molecular complexity index is 853. The predicted molar refractivity (Wildman–Crippen MR) is 116 cm³/mol. The second-order valence-corrected chi connectivity index (χ2v) is 8.92. The molecule has 0 bridgehead atoms. The Kier molecular flexibility index (Phi) is 8.04. The molecule has 2 unspecified atom stereocenters. The zero-order valence-corrected chi connectivity index (χ0v) is 18.7. The van der Waals surface area contributed by atoms with E-state index in [1.807, 2.05) is 0 Å². The van der Waals surface area contributed by atoms with Crippen LogP contribution in [0.25, 0.3) is 0 Å². The summed E-state index contributed by atoms with van der Waals surface area (Å²) in [6, 6.07) is 3.43. The Morgan fingerprint density at radius 1 is 1.29 bits per heavy atom. The van der Waals surface area contributed by atoms with Crippen LogP contribution in [0.1, 0.15) is 31.2 Å². The zero-order valence-electron chi connectivity index (χ0n) is 17.1. The van der Waals surface area contributed by atoms with E-state index < -0.39 is 23.0 Å². The van der Waals surface area contributed by atoms with Crippen molar-refractivity contribution in [3.05, 3.63) is 22.7 Å². The van der Waals surface area contributed by atoms with Crippen LogP contribution in [0.15, 0.2) is 17.1 Å². The highest BCUT2D eigenvalue weighted by atomic mass is 35.5. The lowest BCUT2D eigenvalue weighted by Gasteiger charge is -2.35. The topological polar surface area (TPSA) is 118 Å². The molecule has 0 saturated carbocycles. The minimum absolute atomic E-state index is 0.112. The summed E-state index contributed by atoms with van der Waals surface area (Å²) in [6.45, 7) is 0.569. The maximum Gasteiger partial charge on any atom is 0.340 e. The van der Waals surface area contributed by atoms with E-state index in [0.717, 1.165) is 0 Å². The van der Waals surface area contributed by atoms with Gasteiger partial charge in [-0.25, -0.2) is 9.69 Å². The molecule has 1 aromatic rings. The van der Waals surface area contributed by atoms with Gasteiger partial charge in [0.25, 0.3) is 0 Å². The molecule has 9 nitrogen and oxygen atoms in total. The number of methoxy groups -OCH3 is 1. The lowest BCUT2D eigenvalue weighted by atomic mass is 10.1. The van der Waals surface area contributed by atoms with Crippen LogP contribution in [0.4, 0.5) is 0 Å². The molecule has 0 aromatic heterocycles. The maximum absolute atomic E-state index is 12.4. The third-order valence-corrected chi connectivity index (χ3v) is 6.87. The summed E-state index contributed by atoms with van der Waals surface area (Å²) >= 11 is 7.70. The van der Waals surface area contributed by atoms with Crippen LogP contribution in [0.5, 0.6) is 11.5 Å². The Morgan fingerprint density at radius 3 is 2.71 bits per heavy atom. The molecule has 2 atom stereocenters. The number of hydrogen-bond donors (Lipinski definition) is 2. The number of halogens is 1. The van der Waals surface area contributed by atoms with Crippen LogP contribution < -0.4 is 9.47 Å². The van der Waals surface area contributed by atoms with Crippen molar-refractivity contribution in [2.75, 3.05) is 26.3 Å². The van der Waals surface area contributed by atoms with E-state index in [-0.39, 0.29) is 26.4 Å². The second kappa shape index (κ2) is 10.5. The lowest BCUT2D eigenvalue weighted by molar-refractivity contribution is -0.143. The number of aliphatic imine (C=N–C) groups is 1. The van der Waals surface area contributed by atoms with E-state index in [0.29, 0.717) is 47.1 Å². The lowest BCUT2D eigenvalue weighted by Crippen LogP contribution is -2.53. The number of benzene rings is 1. The highest BCUT2D eigenvalue weighted by Crippen LogP contribution is 2.41. The average molecular weight is 473 g/mol.